The number of halogens is 3. The normalized spacial score (nSPS) is 18.7. The molecule has 3 rings (SSSR count). The Hall–Kier alpha value is -3.91. The van der Waals surface area contributed by atoms with Crippen molar-refractivity contribution in [3.8, 4) is 17.2 Å². The van der Waals surface area contributed by atoms with Gasteiger partial charge < -0.3 is 36.4 Å². The number of phenolic OH excluding ortho intramolecular Hbond substituents is 2. The van der Waals surface area contributed by atoms with Crippen LogP contribution >= 0.6 is 0 Å². The Labute approximate surface area is 240 Å². The summed E-state index contributed by atoms with van der Waals surface area (Å²) in [5, 5.41) is 34.9. The smallest absolute Gasteiger partial charge is 0.490 e. The lowest BCUT2D eigenvalue weighted by molar-refractivity contribution is -0.192. The fourth-order valence-electron chi connectivity index (χ4n) is 4.64. The Morgan fingerprint density at radius 2 is 1.62 bits per heavy atom. The van der Waals surface area contributed by atoms with Crippen molar-refractivity contribution < 1.29 is 52.4 Å². The Morgan fingerprint density at radius 1 is 1.02 bits per heavy atom. The molecule has 1 aliphatic heterocycles. The van der Waals surface area contributed by atoms with Gasteiger partial charge in [0.1, 0.15) is 34.0 Å². The van der Waals surface area contributed by atoms with Crippen LogP contribution in [-0.4, -0.2) is 71.0 Å². The van der Waals surface area contributed by atoms with Crippen molar-refractivity contribution in [3.63, 3.8) is 0 Å². The second-order valence-electron chi connectivity index (χ2n) is 10.1. The van der Waals surface area contributed by atoms with E-state index in [1.807, 2.05) is 0 Å². The fraction of sp³-hybridized carbons (Fsp3) is 0.500. The Morgan fingerprint density at radius 3 is 2.17 bits per heavy atom. The zero-order chi connectivity index (χ0) is 32.0. The molecule has 0 spiro atoms. The molecule has 0 saturated carbocycles. The molecule has 0 saturated heterocycles. The second kappa shape index (κ2) is 13.8. The molecule has 11 nitrogen and oxygen atoms in total. The molecule has 42 heavy (non-hydrogen) atoms. The molecule has 0 amide bonds. The molecule has 1 atom stereocenters. The van der Waals surface area contributed by atoms with Gasteiger partial charge in [-0.1, -0.05) is 6.42 Å². The molecule has 0 aromatic heterocycles. The molecule has 14 heteroatoms. The van der Waals surface area contributed by atoms with E-state index in [9.17, 15) is 37.8 Å². The minimum Gasteiger partial charge on any atom is -0.507 e. The lowest BCUT2D eigenvalue weighted by atomic mass is 9.70. The molecule has 232 valence electrons. The van der Waals surface area contributed by atoms with Crippen molar-refractivity contribution in [2.45, 2.75) is 65.0 Å². The van der Waals surface area contributed by atoms with E-state index in [1.54, 1.807) is 13.8 Å². The predicted molar refractivity (Wildman–Crippen MR) is 145 cm³/mol. The number of carboxylic acid groups (broad SMARTS) is 1. The number of carbonyl (C=O) groups is 4. The highest BCUT2D eigenvalue weighted by atomic mass is 19.4. The fourth-order valence-corrected chi connectivity index (χ4v) is 4.64. The van der Waals surface area contributed by atoms with E-state index >= 15 is 0 Å². The maximum atomic E-state index is 13.7. The first-order chi connectivity index (χ1) is 19.5. The van der Waals surface area contributed by atoms with E-state index in [2.05, 4.69) is 10.6 Å². The van der Waals surface area contributed by atoms with Gasteiger partial charge in [-0.3, -0.25) is 14.4 Å². The van der Waals surface area contributed by atoms with Crippen LogP contribution in [-0.2, 0) is 19.8 Å². The molecule has 0 bridgehead atoms. The highest BCUT2D eigenvalue weighted by Crippen LogP contribution is 2.57. The number of carbonyl (C=O) groups excluding carboxylic acids is 3. The molecular formula is C28H36F3N3O8. The number of alkyl halides is 3. The van der Waals surface area contributed by atoms with Gasteiger partial charge in [0.25, 0.3) is 0 Å². The van der Waals surface area contributed by atoms with Crippen molar-refractivity contribution >= 4 is 23.3 Å². The summed E-state index contributed by atoms with van der Waals surface area (Å²) < 4.78 is 37.5. The van der Waals surface area contributed by atoms with Crippen molar-refractivity contribution in [2.75, 3.05) is 26.2 Å². The van der Waals surface area contributed by atoms with Crippen LogP contribution in [0, 0.1) is 6.92 Å². The summed E-state index contributed by atoms with van der Waals surface area (Å²) >= 11 is 0. The van der Waals surface area contributed by atoms with E-state index in [0.29, 0.717) is 18.8 Å². The van der Waals surface area contributed by atoms with Crippen molar-refractivity contribution in [1.82, 2.24) is 10.6 Å². The number of allylic oxidation sites excluding steroid dienone is 4. The van der Waals surface area contributed by atoms with Gasteiger partial charge in [0, 0.05) is 23.9 Å². The van der Waals surface area contributed by atoms with Crippen molar-refractivity contribution in [3.05, 3.63) is 39.8 Å². The molecule has 1 heterocycles. The van der Waals surface area contributed by atoms with Crippen molar-refractivity contribution in [2.24, 2.45) is 5.73 Å². The maximum absolute atomic E-state index is 13.7. The highest BCUT2D eigenvalue weighted by molar-refractivity contribution is 6.31. The number of Topliss-reactive ketones (excluding diaryl/α,β-unsaturated/α-hetero) is 2. The first-order valence-electron chi connectivity index (χ1n) is 13.3. The van der Waals surface area contributed by atoms with Crippen LogP contribution < -0.4 is 21.1 Å². The summed E-state index contributed by atoms with van der Waals surface area (Å²) in [6.45, 7) is 8.94. The van der Waals surface area contributed by atoms with Crippen LogP contribution in [0.25, 0.3) is 0 Å². The third-order valence-corrected chi connectivity index (χ3v) is 6.98. The number of fused-ring (bicyclic) bond motifs is 3. The average molecular weight is 600 g/mol. The molecule has 0 radical (unpaired) electrons. The summed E-state index contributed by atoms with van der Waals surface area (Å²) in [5.41, 5.74) is 4.45. The number of aromatic hydroxyl groups is 2. The number of ether oxygens (including phenoxy) is 1. The monoisotopic (exact) mass is 599 g/mol. The summed E-state index contributed by atoms with van der Waals surface area (Å²) in [5.74, 6) is -5.08. The molecule has 2 aliphatic rings. The van der Waals surface area contributed by atoms with Gasteiger partial charge in [0.15, 0.2) is 17.3 Å². The molecular weight excluding hydrogens is 563 g/mol. The third kappa shape index (κ3) is 7.10. The first-order valence-corrected chi connectivity index (χ1v) is 13.3. The molecule has 1 aromatic carbocycles. The lowest BCUT2D eigenvalue weighted by Gasteiger charge is -2.29. The molecule has 1 aliphatic carbocycles. The minimum atomic E-state index is -5.08. The van der Waals surface area contributed by atoms with Crippen LogP contribution in [0.1, 0.15) is 67.9 Å². The van der Waals surface area contributed by atoms with E-state index in [-0.39, 0.29) is 39.5 Å². The quantitative estimate of drug-likeness (QED) is 0.0950. The SMILES string of the molecule is CC(=O)c1c(O)c(C)c(O)c2c1OC1=CC(=O)/C(=C(/C)NCCCNCCCCCN)C(=O)[C@@]12C.O=C(O)C(F)(F)F. The van der Waals surface area contributed by atoms with Crippen molar-refractivity contribution in [1.29, 1.82) is 0 Å². The second-order valence-corrected chi connectivity index (χ2v) is 10.1. The number of benzene rings is 1. The standard InChI is InChI=1S/C26H35N3O6.C2HF3O2/c1-14-22(32)20(16(3)30)24-21(23(14)33)26(4)18(35-24)13-17(31)19(25(26)34)15(2)29-12-8-11-28-10-7-5-6-9-27;3-2(4,5)1(6)7/h13,28-29,32-33H,5-12,27H2,1-4H3;(H,6,7)/b19-15+;/t26-;/m0./s1. The van der Waals surface area contributed by atoms with Gasteiger partial charge in [-0.25, -0.2) is 4.79 Å². The van der Waals surface area contributed by atoms with Gasteiger partial charge in [-0.05, 0) is 66.6 Å². The number of rotatable bonds is 11. The van der Waals surface area contributed by atoms with E-state index in [1.165, 1.54) is 19.9 Å². The van der Waals surface area contributed by atoms with Crippen LogP contribution in [0.15, 0.2) is 23.1 Å². The molecule has 0 fully saturated rings. The number of unbranched alkanes of at least 4 members (excludes halogenated alkanes) is 2. The van der Waals surface area contributed by atoms with E-state index in [0.717, 1.165) is 38.8 Å². The Balaban J connectivity index is 0.000000782. The van der Waals surface area contributed by atoms with Gasteiger partial charge >= 0.3 is 12.1 Å². The number of carboxylic acids is 1. The number of nitrogens with one attached hydrogen (secondary N) is 2. The first kappa shape index (κ1) is 34.3. The summed E-state index contributed by atoms with van der Waals surface area (Å²) in [7, 11) is 0. The molecule has 1 aromatic rings. The lowest BCUT2D eigenvalue weighted by Crippen LogP contribution is -2.41. The van der Waals surface area contributed by atoms with Gasteiger partial charge in [-0.15, -0.1) is 0 Å². The topological polar surface area (TPSA) is 188 Å². The van der Waals surface area contributed by atoms with Crippen LogP contribution in [0.3, 0.4) is 0 Å². The number of nitrogens with two attached hydrogens (primary N) is 1. The summed E-state index contributed by atoms with van der Waals surface area (Å²) in [4.78, 5) is 47.8. The number of hydrogen-bond acceptors (Lipinski definition) is 10. The molecule has 0 unspecified atom stereocenters. The number of phenols is 2. The van der Waals surface area contributed by atoms with Gasteiger partial charge in [0.05, 0.1) is 11.1 Å². The van der Waals surface area contributed by atoms with Crippen LogP contribution in [0.4, 0.5) is 13.2 Å². The maximum Gasteiger partial charge on any atom is 0.490 e. The zero-order valence-corrected chi connectivity index (χ0v) is 23.8. The van der Waals surface area contributed by atoms with Crippen LogP contribution in [0.5, 0.6) is 17.2 Å². The summed E-state index contributed by atoms with van der Waals surface area (Å²) in [6.07, 6.45) is 0.136. The number of aliphatic carboxylic acids is 1. The predicted octanol–water partition coefficient (Wildman–Crippen LogP) is 2.90. The Bertz CT molecular complexity index is 1320. The Kier molecular flexibility index (Phi) is 11.3. The molecule has 7 N–H and O–H groups in total. The van der Waals surface area contributed by atoms with Gasteiger partial charge in [0.2, 0.25) is 0 Å². The largest absolute Gasteiger partial charge is 0.507 e. The highest BCUT2D eigenvalue weighted by Gasteiger charge is 2.56. The summed E-state index contributed by atoms with van der Waals surface area (Å²) in [6, 6.07) is 0. The van der Waals surface area contributed by atoms with E-state index in [4.69, 9.17) is 20.4 Å². The zero-order valence-electron chi connectivity index (χ0n) is 23.8. The van der Waals surface area contributed by atoms with Gasteiger partial charge in [-0.2, -0.15) is 13.2 Å². The van der Waals surface area contributed by atoms with Crippen LogP contribution in [0.2, 0.25) is 0 Å². The third-order valence-electron chi connectivity index (χ3n) is 6.98. The number of ketones is 3. The average Bonchev–Trinajstić information content (AvgIpc) is 3.18. The minimum absolute atomic E-state index is 0.0167. The van der Waals surface area contributed by atoms with E-state index < -0.39 is 40.7 Å². The number of hydrogen-bond donors (Lipinski definition) is 6.